The number of fused-ring (bicyclic) bond motifs is 1. The topological polar surface area (TPSA) is 53.2 Å². The standard InChI is InChI=1S/C25H28ClN3O/c1-14-4-6-15(7-5-14)20-21-18(12-25(2,3)13-19(21)30)27-24-22(20)23(28-29-24)16-8-10-17(26)11-9-16/h4-11,20,22-24,27-29H,12-13H2,1-3H3. The van der Waals surface area contributed by atoms with Crippen LogP contribution in [-0.2, 0) is 4.79 Å². The number of halogens is 1. The van der Waals surface area contributed by atoms with Gasteiger partial charge in [0.05, 0.1) is 12.2 Å². The number of hydrogen-bond donors (Lipinski definition) is 3. The molecule has 2 aromatic rings. The number of Topliss-reactive ketones (excluding diaryl/α,β-unsaturated/α-hetero) is 1. The molecule has 2 aliphatic heterocycles. The fourth-order valence-electron chi connectivity index (χ4n) is 5.42. The van der Waals surface area contributed by atoms with E-state index in [9.17, 15) is 4.79 Å². The van der Waals surface area contributed by atoms with E-state index in [2.05, 4.69) is 73.3 Å². The lowest BCUT2D eigenvalue weighted by Gasteiger charge is -2.44. The van der Waals surface area contributed by atoms with Gasteiger partial charge in [-0.15, -0.1) is 0 Å². The van der Waals surface area contributed by atoms with E-state index in [1.165, 1.54) is 16.7 Å². The summed E-state index contributed by atoms with van der Waals surface area (Å²) < 4.78 is 0. The van der Waals surface area contributed by atoms with Crippen molar-refractivity contribution < 1.29 is 4.79 Å². The van der Waals surface area contributed by atoms with Gasteiger partial charge in [-0.2, -0.15) is 0 Å². The average Bonchev–Trinajstić information content (AvgIpc) is 3.10. The number of allylic oxidation sites excluding steroid dienone is 2. The molecule has 4 unspecified atom stereocenters. The second-order valence-corrected chi connectivity index (χ2v) is 10.2. The van der Waals surface area contributed by atoms with E-state index in [1.54, 1.807) is 0 Å². The van der Waals surface area contributed by atoms with Crippen molar-refractivity contribution in [3.8, 4) is 0 Å². The predicted octanol–water partition coefficient (Wildman–Crippen LogP) is 4.77. The van der Waals surface area contributed by atoms with Gasteiger partial charge in [-0.1, -0.05) is 67.4 Å². The smallest absolute Gasteiger partial charge is 0.161 e. The molecule has 5 rings (SSSR count). The van der Waals surface area contributed by atoms with Crippen molar-refractivity contribution in [1.82, 2.24) is 16.2 Å². The van der Waals surface area contributed by atoms with Crippen LogP contribution < -0.4 is 16.2 Å². The van der Waals surface area contributed by atoms with Gasteiger partial charge in [0.1, 0.15) is 0 Å². The minimum atomic E-state index is -0.0187. The first-order valence-electron chi connectivity index (χ1n) is 10.7. The molecule has 5 heteroatoms. The summed E-state index contributed by atoms with van der Waals surface area (Å²) in [7, 11) is 0. The lowest BCUT2D eigenvalue weighted by Crippen LogP contribution is -2.51. The molecule has 156 valence electrons. The maximum atomic E-state index is 13.4. The number of rotatable bonds is 2. The number of carbonyl (C=O) groups excluding carboxylic acids is 1. The van der Waals surface area contributed by atoms with Gasteiger partial charge in [-0.25, -0.2) is 10.9 Å². The molecule has 0 spiro atoms. The van der Waals surface area contributed by atoms with Crippen LogP contribution in [0.1, 0.15) is 55.3 Å². The van der Waals surface area contributed by atoms with E-state index in [0.717, 1.165) is 22.7 Å². The highest BCUT2D eigenvalue weighted by Gasteiger charge is 2.51. The Morgan fingerprint density at radius 2 is 1.60 bits per heavy atom. The Kier molecular flexibility index (Phi) is 4.77. The summed E-state index contributed by atoms with van der Waals surface area (Å²) >= 11 is 6.13. The number of benzene rings is 2. The second-order valence-electron chi connectivity index (χ2n) is 9.74. The zero-order chi connectivity index (χ0) is 21.0. The quantitative estimate of drug-likeness (QED) is 0.653. The van der Waals surface area contributed by atoms with Gasteiger partial charge in [0.15, 0.2) is 5.78 Å². The Balaban J connectivity index is 1.64. The van der Waals surface area contributed by atoms with Crippen LogP contribution in [0.15, 0.2) is 59.8 Å². The molecule has 4 nitrogen and oxygen atoms in total. The van der Waals surface area contributed by atoms with E-state index >= 15 is 0 Å². The number of hydrogen-bond acceptors (Lipinski definition) is 4. The van der Waals surface area contributed by atoms with E-state index < -0.39 is 0 Å². The first-order valence-corrected chi connectivity index (χ1v) is 11.1. The number of nitrogens with one attached hydrogen (secondary N) is 3. The maximum absolute atomic E-state index is 13.4. The van der Waals surface area contributed by atoms with Crippen molar-refractivity contribution in [3.05, 3.63) is 81.5 Å². The Labute approximate surface area is 183 Å². The molecule has 4 atom stereocenters. The van der Waals surface area contributed by atoms with Crippen molar-refractivity contribution in [2.24, 2.45) is 11.3 Å². The molecule has 1 aliphatic carbocycles. The highest BCUT2D eigenvalue weighted by atomic mass is 35.5. The van der Waals surface area contributed by atoms with Crippen molar-refractivity contribution in [1.29, 1.82) is 0 Å². The van der Waals surface area contributed by atoms with Crippen molar-refractivity contribution in [3.63, 3.8) is 0 Å². The van der Waals surface area contributed by atoms with Gasteiger partial charge in [-0.3, -0.25) is 4.79 Å². The minimum absolute atomic E-state index is 0.0187. The van der Waals surface area contributed by atoms with Crippen LogP contribution in [0.5, 0.6) is 0 Å². The summed E-state index contributed by atoms with van der Waals surface area (Å²) in [5, 5.41) is 4.41. The molecule has 30 heavy (non-hydrogen) atoms. The lowest BCUT2D eigenvalue weighted by molar-refractivity contribution is -0.118. The van der Waals surface area contributed by atoms with E-state index in [1.807, 2.05) is 12.1 Å². The van der Waals surface area contributed by atoms with Gasteiger partial charge in [0, 0.05) is 34.5 Å². The Hall–Kier alpha value is -2.14. The van der Waals surface area contributed by atoms with Crippen molar-refractivity contribution in [2.75, 3.05) is 0 Å². The third kappa shape index (κ3) is 3.37. The zero-order valence-corrected chi connectivity index (χ0v) is 18.4. The third-order valence-corrected chi connectivity index (χ3v) is 7.03. The number of aryl methyl sites for hydroxylation is 1. The molecule has 0 amide bonds. The average molecular weight is 422 g/mol. The van der Waals surface area contributed by atoms with Crippen LogP contribution in [0.2, 0.25) is 5.02 Å². The summed E-state index contributed by atoms with van der Waals surface area (Å²) in [6.45, 7) is 6.46. The van der Waals surface area contributed by atoms with Crippen LogP contribution in [0, 0.1) is 18.3 Å². The molecule has 2 aromatic carbocycles. The predicted molar refractivity (Wildman–Crippen MR) is 120 cm³/mol. The first kappa shape index (κ1) is 19.8. The van der Waals surface area contributed by atoms with Crippen LogP contribution >= 0.6 is 11.6 Å². The summed E-state index contributed by atoms with van der Waals surface area (Å²) in [5.41, 5.74) is 12.6. The molecule has 0 radical (unpaired) electrons. The highest BCUT2D eigenvalue weighted by Crippen LogP contribution is 2.51. The number of hydrazine groups is 1. The van der Waals surface area contributed by atoms with Gasteiger partial charge < -0.3 is 5.32 Å². The highest BCUT2D eigenvalue weighted by molar-refractivity contribution is 6.30. The summed E-state index contributed by atoms with van der Waals surface area (Å²) in [6, 6.07) is 16.8. The minimum Gasteiger partial charge on any atom is -0.371 e. The first-order chi connectivity index (χ1) is 14.3. The fraction of sp³-hybridized carbons (Fsp3) is 0.400. The van der Waals surface area contributed by atoms with Crippen LogP contribution in [0.3, 0.4) is 0 Å². The Bertz CT molecular complexity index is 1010. The number of ketones is 1. The molecule has 0 aromatic heterocycles. The molecule has 0 saturated carbocycles. The van der Waals surface area contributed by atoms with E-state index in [4.69, 9.17) is 11.6 Å². The summed E-state index contributed by atoms with van der Waals surface area (Å²) in [4.78, 5) is 13.4. The lowest BCUT2D eigenvalue weighted by atomic mass is 9.65. The van der Waals surface area contributed by atoms with Crippen LogP contribution in [-0.4, -0.2) is 11.9 Å². The van der Waals surface area contributed by atoms with Crippen LogP contribution in [0.25, 0.3) is 0 Å². The van der Waals surface area contributed by atoms with Crippen LogP contribution in [0.4, 0.5) is 0 Å². The molecule has 0 bridgehead atoms. The molecule has 1 saturated heterocycles. The van der Waals surface area contributed by atoms with Gasteiger partial charge in [-0.05, 0) is 42.0 Å². The number of carbonyl (C=O) groups is 1. The molecule has 3 N–H and O–H groups in total. The molecular weight excluding hydrogens is 394 g/mol. The molecule has 2 heterocycles. The maximum Gasteiger partial charge on any atom is 0.161 e. The third-order valence-electron chi connectivity index (χ3n) is 6.78. The molecule has 3 aliphatic rings. The summed E-state index contributed by atoms with van der Waals surface area (Å²) in [5.74, 6) is 0.482. The normalized spacial score (nSPS) is 29.9. The Morgan fingerprint density at radius 1 is 0.933 bits per heavy atom. The largest absolute Gasteiger partial charge is 0.371 e. The van der Waals surface area contributed by atoms with E-state index in [-0.39, 0.29) is 35.2 Å². The van der Waals surface area contributed by atoms with Gasteiger partial charge in [0.2, 0.25) is 0 Å². The second kappa shape index (κ2) is 7.23. The Morgan fingerprint density at radius 3 is 2.30 bits per heavy atom. The SMILES string of the molecule is Cc1ccc(C2C3=C(CC(C)(C)CC3=O)NC3NNC(c4ccc(Cl)cc4)C32)cc1. The zero-order valence-electron chi connectivity index (χ0n) is 17.6. The molecular formula is C25H28ClN3O. The van der Waals surface area contributed by atoms with E-state index in [0.29, 0.717) is 6.42 Å². The van der Waals surface area contributed by atoms with Gasteiger partial charge >= 0.3 is 0 Å². The monoisotopic (exact) mass is 421 g/mol. The fourth-order valence-corrected chi connectivity index (χ4v) is 5.55. The van der Waals surface area contributed by atoms with Crippen molar-refractivity contribution in [2.45, 2.75) is 51.7 Å². The molecule has 1 fully saturated rings. The van der Waals surface area contributed by atoms with Crippen molar-refractivity contribution >= 4 is 17.4 Å². The summed E-state index contributed by atoms with van der Waals surface area (Å²) in [6.07, 6.45) is 1.55. The van der Waals surface area contributed by atoms with Gasteiger partial charge in [0.25, 0.3) is 0 Å².